The Hall–Kier alpha value is -2.60. The molecule has 0 fully saturated rings. The zero-order valence-electron chi connectivity index (χ0n) is 14.3. The first-order valence-corrected chi connectivity index (χ1v) is 8.54. The number of nitrogens with one attached hydrogen (secondary N) is 2. The Morgan fingerprint density at radius 1 is 1.16 bits per heavy atom. The molecule has 2 heterocycles. The lowest BCUT2D eigenvalue weighted by Crippen LogP contribution is -2.52. The molecule has 0 spiro atoms. The molecule has 132 valence electrons. The van der Waals surface area contributed by atoms with E-state index in [9.17, 15) is 9.59 Å². The molecule has 2 N–H and O–H groups in total. The minimum atomic E-state index is -0.526. The highest BCUT2D eigenvalue weighted by atomic mass is 16.3. The van der Waals surface area contributed by atoms with Crippen LogP contribution in [-0.4, -0.2) is 42.9 Å². The normalized spacial score (nSPS) is 16.4. The average molecular weight is 341 g/mol. The van der Waals surface area contributed by atoms with Gasteiger partial charge in [-0.15, -0.1) is 0 Å². The molecule has 1 unspecified atom stereocenters. The summed E-state index contributed by atoms with van der Waals surface area (Å²) in [5, 5.41) is 6.00. The van der Waals surface area contributed by atoms with Crippen molar-refractivity contribution in [3.8, 4) is 0 Å². The minimum absolute atomic E-state index is 0.120. The van der Waals surface area contributed by atoms with Gasteiger partial charge in [0.1, 0.15) is 6.04 Å². The predicted molar refractivity (Wildman–Crippen MR) is 94.1 cm³/mol. The van der Waals surface area contributed by atoms with Crippen LogP contribution >= 0.6 is 0 Å². The van der Waals surface area contributed by atoms with Gasteiger partial charge in [-0.2, -0.15) is 0 Å². The third kappa shape index (κ3) is 3.91. The maximum absolute atomic E-state index is 12.8. The summed E-state index contributed by atoms with van der Waals surface area (Å²) < 4.78 is 5.25. The Kier molecular flexibility index (Phi) is 5.50. The highest BCUT2D eigenvalue weighted by Gasteiger charge is 2.35. The van der Waals surface area contributed by atoms with Gasteiger partial charge in [-0.3, -0.25) is 9.59 Å². The van der Waals surface area contributed by atoms with Crippen LogP contribution < -0.4 is 10.6 Å². The maximum Gasteiger partial charge on any atom is 0.290 e. The van der Waals surface area contributed by atoms with Gasteiger partial charge in [-0.05, 0) is 43.3 Å². The van der Waals surface area contributed by atoms with E-state index in [-0.39, 0.29) is 17.6 Å². The van der Waals surface area contributed by atoms with Crippen molar-refractivity contribution in [1.29, 1.82) is 0 Å². The molecule has 6 heteroatoms. The summed E-state index contributed by atoms with van der Waals surface area (Å²) in [5.41, 5.74) is 2.18. The fourth-order valence-electron chi connectivity index (χ4n) is 3.11. The first kappa shape index (κ1) is 17.2. The predicted octanol–water partition coefficient (Wildman–Crippen LogP) is 1.57. The topological polar surface area (TPSA) is 74.6 Å². The Labute approximate surface area is 147 Å². The van der Waals surface area contributed by atoms with Crippen molar-refractivity contribution in [3.63, 3.8) is 0 Å². The zero-order valence-corrected chi connectivity index (χ0v) is 14.3. The summed E-state index contributed by atoms with van der Waals surface area (Å²) in [6.45, 7) is 1.83. The molecule has 1 aliphatic heterocycles. The number of carbonyl (C=O) groups is 2. The van der Waals surface area contributed by atoms with Crippen LogP contribution in [0.25, 0.3) is 0 Å². The van der Waals surface area contributed by atoms with Gasteiger partial charge in [0.25, 0.3) is 5.91 Å². The Bertz CT molecular complexity index is 727. The molecule has 0 radical (unpaired) electrons. The maximum atomic E-state index is 12.8. The highest BCUT2D eigenvalue weighted by molar-refractivity contribution is 5.96. The second-order valence-electron chi connectivity index (χ2n) is 6.15. The fourth-order valence-corrected chi connectivity index (χ4v) is 3.11. The highest BCUT2D eigenvalue weighted by Crippen LogP contribution is 2.25. The van der Waals surface area contributed by atoms with Crippen LogP contribution in [0.2, 0.25) is 0 Å². The molecule has 3 rings (SSSR count). The van der Waals surface area contributed by atoms with E-state index in [0.717, 1.165) is 24.1 Å². The molecule has 1 aromatic carbocycles. The summed E-state index contributed by atoms with van der Waals surface area (Å²) in [7, 11) is 1.88. The second-order valence-corrected chi connectivity index (χ2v) is 6.15. The van der Waals surface area contributed by atoms with E-state index in [1.54, 1.807) is 17.0 Å². The van der Waals surface area contributed by atoms with Crippen molar-refractivity contribution in [2.24, 2.45) is 0 Å². The van der Waals surface area contributed by atoms with Crippen LogP contribution in [-0.2, 0) is 17.8 Å². The average Bonchev–Trinajstić information content (AvgIpc) is 3.18. The minimum Gasteiger partial charge on any atom is -0.459 e. The Morgan fingerprint density at radius 2 is 1.96 bits per heavy atom. The molecule has 0 saturated carbocycles. The fraction of sp³-hybridized carbons (Fsp3) is 0.368. The number of furan rings is 1. The first-order valence-electron chi connectivity index (χ1n) is 8.54. The van der Waals surface area contributed by atoms with Crippen molar-refractivity contribution in [3.05, 3.63) is 59.5 Å². The van der Waals surface area contributed by atoms with Gasteiger partial charge in [-0.25, -0.2) is 0 Å². The van der Waals surface area contributed by atoms with Crippen LogP contribution in [0, 0.1) is 0 Å². The lowest BCUT2D eigenvalue weighted by atomic mass is 9.93. The van der Waals surface area contributed by atoms with Gasteiger partial charge in [0.15, 0.2) is 5.76 Å². The molecule has 0 saturated heterocycles. The van der Waals surface area contributed by atoms with E-state index in [0.29, 0.717) is 19.5 Å². The van der Waals surface area contributed by atoms with Crippen LogP contribution in [0.5, 0.6) is 0 Å². The molecule has 0 bridgehead atoms. The van der Waals surface area contributed by atoms with Crippen molar-refractivity contribution in [1.82, 2.24) is 15.5 Å². The summed E-state index contributed by atoms with van der Waals surface area (Å²) >= 11 is 0. The quantitative estimate of drug-likeness (QED) is 0.782. The van der Waals surface area contributed by atoms with E-state index in [1.807, 2.05) is 31.3 Å². The second kappa shape index (κ2) is 7.98. The van der Waals surface area contributed by atoms with Crippen molar-refractivity contribution in [2.75, 3.05) is 20.1 Å². The van der Waals surface area contributed by atoms with Gasteiger partial charge in [0.05, 0.1) is 6.26 Å². The SMILES string of the molecule is CNCCCNC(=O)C1Cc2ccccc2CN1C(=O)c1ccco1. The van der Waals surface area contributed by atoms with Gasteiger partial charge < -0.3 is 20.0 Å². The molecule has 2 amide bonds. The molecular weight excluding hydrogens is 318 g/mol. The Balaban J connectivity index is 1.79. The van der Waals surface area contributed by atoms with Crippen LogP contribution in [0.1, 0.15) is 28.1 Å². The van der Waals surface area contributed by atoms with Crippen molar-refractivity contribution in [2.45, 2.75) is 25.4 Å². The van der Waals surface area contributed by atoms with Gasteiger partial charge in [-0.1, -0.05) is 24.3 Å². The number of fused-ring (bicyclic) bond motifs is 1. The molecule has 1 aromatic heterocycles. The monoisotopic (exact) mass is 341 g/mol. The smallest absolute Gasteiger partial charge is 0.290 e. The molecule has 1 aliphatic rings. The number of rotatable bonds is 6. The standard InChI is InChI=1S/C19H23N3O3/c1-20-9-5-10-21-18(23)16-12-14-6-2-3-7-15(14)13-22(16)19(24)17-8-4-11-25-17/h2-4,6-8,11,16,20H,5,9-10,12-13H2,1H3,(H,21,23). The van der Waals surface area contributed by atoms with Gasteiger partial charge >= 0.3 is 0 Å². The largest absolute Gasteiger partial charge is 0.459 e. The van der Waals surface area contributed by atoms with E-state index < -0.39 is 6.04 Å². The van der Waals surface area contributed by atoms with Gasteiger partial charge in [0.2, 0.25) is 5.91 Å². The summed E-state index contributed by atoms with van der Waals surface area (Å²) in [6.07, 6.45) is 2.83. The lowest BCUT2D eigenvalue weighted by Gasteiger charge is -2.35. The number of amides is 2. The van der Waals surface area contributed by atoms with Crippen LogP contribution in [0.15, 0.2) is 47.1 Å². The number of carbonyl (C=O) groups excluding carboxylic acids is 2. The molecule has 2 aromatic rings. The summed E-state index contributed by atoms with van der Waals surface area (Å²) in [4.78, 5) is 27.1. The summed E-state index contributed by atoms with van der Waals surface area (Å²) in [6, 6.07) is 10.7. The first-order chi connectivity index (χ1) is 12.2. The number of nitrogens with zero attached hydrogens (tertiary/aromatic N) is 1. The number of benzene rings is 1. The van der Waals surface area contributed by atoms with Crippen LogP contribution in [0.4, 0.5) is 0 Å². The molecule has 0 aliphatic carbocycles. The third-order valence-electron chi connectivity index (χ3n) is 4.45. The van der Waals surface area contributed by atoms with Gasteiger partial charge in [0, 0.05) is 19.5 Å². The lowest BCUT2D eigenvalue weighted by molar-refractivity contribution is -0.126. The van der Waals surface area contributed by atoms with E-state index in [1.165, 1.54) is 6.26 Å². The number of hydrogen-bond acceptors (Lipinski definition) is 4. The molecule has 6 nitrogen and oxygen atoms in total. The molecule has 25 heavy (non-hydrogen) atoms. The van der Waals surface area contributed by atoms with E-state index in [2.05, 4.69) is 10.6 Å². The zero-order chi connectivity index (χ0) is 17.6. The van der Waals surface area contributed by atoms with Crippen molar-refractivity contribution < 1.29 is 14.0 Å². The van der Waals surface area contributed by atoms with E-state index >= 15 is 0 Å². The third-order valence-corrected chi connectivity index (χ3v) is 4.45. The molecule has 1 atom stereocenters. The molecular formula is C19H23N3O3. The van der Waals surface area contributed by atoms with Crippen LogP contribution in [0.3, 0.4) is 0 Å². The Morgan fingerprint density at radius 3 is 2.68 bits per heavy atom. The van der Waals surface area contributed by atoms with Crippen molar-refractivity contribution >= 4 is 11.8 Å². The van der Waals surface area contributed by atoms with E-state index in [4.69, 9.17) is 4.42 Å². The summed E-state index contributed by atoms with van der Waals surface area (Å²) in [5.74, 6) is -0.118. The number of hydrogen-bond donors (Lipinski definition) is 2.